The highest BCUT2D eigenvalue weighted by Crippen LogP contribution is 2.38. The van der Waals surface area contributed by atoms with E-state index < -0.39 is 0 Å². The Morgan fingerprint density at radius 3 is 1.40 bits per heavy atom. The van der Waals surface area contributed by atoms with Gasteiger partial charge in [-0.15, -0.1) is 16.4 Å². The highest BCUT2D eigenvalue weighted by molar-refractivity contribution is 6.68. The maximum absolute atomic E-state index is 6.63. The average molecular weight is 763 g/mol. The smallest absolute Gasteiger partial charge is 0.164 e. The van der Waals surface area contributed by atoms with Crippen molar-refractivity contribution in [3.8, 4) is 78.7 Å². The van der Waals surface area contributed by atoms with Crippen LogP contribution in [0.1, 0.15) is 0 Å². The summed E-state index contributed by atoms with van der Waals surface area (Å²) in [7, 11) is 11.2. The summed E-state index contributed by atoms with van der Waals surface area (Å²) in [6.45, 7) is 0. The number of nitrogens with zero attached hydrogens (tertiary/aromatic N) is 3. The van der Waals surface area contributed by atoms with E-state index in [9.17, 15) is 0 Å². The first-order valence-electron chi connectivity index (χ1n) is 20.5. The molecule has 0 fully saturated rings. The van der Waals surface area contributed by atoms with Gasteiger partial charge in [0.15, 0.2) is 17.5 Å². The zero-order valence-corrected chi connectivity index (χ0v) is 34.4. The second-order valence-corrected chi connectivity index (χ2v) is 15.8. The molecule has 0 saturated heterocycles. The quantitative estimate of drug-likeness (QED) is 0.221. The third kappa shape index (κ3) is 6.66. The molecule has 0 N–H and O–H groups in total. The Labute approximate surface area is 354 Å². The molecule has 4 nitrogen and oxygen atoms in total. The van der Waals surface area contributed by atoms with E-state index in [4.69, 9.17) is 19.4 Å². The standard InChI is InChI=1S/C51H38B5N3O/c52-43-42(44(53)46(55)47(56)45(43)54)33-23-19-31(20-24-33)30-17-21-32(22-18-30)38-15-8-16-39-40-28-37(25-26-41(40)60-48(38)39)51-58-49(34-11-5-2-6-12-34)57-50(59-51)36-14-7-13-35(27-36)29-9-3-1-4-10-29/h1-28H,52-56H2. The molecule has 0 radical (unpaired) electrons. The van der Waals surface area contributed by atoms with Crippen LogP contribution in [-0.4, -0.2) is 54.2 Å². The first kappa shape index (κ1) is 37.2. The predicted molar refractivity (Wildman–Crippen MR) is 266 cm³/mol. The molecule has 0 amide bonds. The number of hydrogen-bond donors (Lipinski definition) is 0. The minimum Gasteiger partial charge on any atom is -0.455 e. The van der Waals surface area contributed by atoms with Gasteiger partial charge in [-0.2, -0.15) is 0 Å². The maximum Gasteiger partial charge on any atom is 0.164 e. The zero-order chi connectivity index (χ0) is 40.9. The third-order valence-electron chi connectivity index (χ3n) is 12.4. The molecule has 0 spiro atoms. The van der Waals surface area contributed by atoms with Gasteiger partial charge in [0, 0.05) is 33.0 Å². The van der Waals surface area contributed by atoms with Crippen LogP contribution in [0, 0.1) is 0 Å². The Bertz CT molecular complexity index is 3210. The first-order valence-corrected chi connectivity index (χ1v) is 20.5. The van der Waals surface area contributed by atoms with Crippen molar-refractivity contribution < 1.29 is 4.42 Å². The van der Waals surface area contributed by atoms with E-state index in [1.807, 2.05) is 48.5 Å². The lowest BCUT2D eigenvalue weighted by molar-refractivity contribution is 0.670. The molecule has 0 aliphatic rings. The van der Waals surface area contributed by atoms with Crippen LogP contribution in [0.25, 0.3) is 101 Å². The summed E-state index contributed by atoms with van der Waals surface area (Å²) in [6.07, 6.45) is 0. The summed E-state index contributed by atoms with van der Waals surface area (Å²) in [6, 6.07) is 59.3. The van der Waals surface area contributed by atoms with Crippen LogP contribution < -0.4 is 27.3 Å². The van der Waals surface area contributed by atoms with Crippen molar-refractivity contribution in [3.63, 3.8) is 0 Å². The van der Waals surface area contributed by atoms with Gasteiger partial charge < -0.3 is 4.42 Å². The molecule has 10 aromatic rings. The topological polar surface area (TPSA) is 51.8 Å². The van der Waals surface area contributed by atoms with Gasteiger partial charge in [-0.25, -0.2) is 15.0 Å². The number of benzene rings is 8. The molecule has 2 heterocycles. The van der Waals surface area contributed by atoms with Crippen LogP contribution in [0.2, 0.25) is 0 Å². The molecule has 0 bridgehead atoms. The summed E-state index contributed by atoms with van der Waals surface area (Å²) in [4.78, 5) is 15.1. The van der Waals surface area contributed by atoms with Crippen LogP contribution in [0.15, 0.2) is 174 Å². The normalized spacial score (nSPS) is 11.3. The monoisotopic (exact) mass is 763 g/mol. The molecule has 10 rings (SSSR count). The van der Waals surface area contributed by atoms with Crippen LogP contribution >= 0.6 is 0 Å². The Kier molecular flexibility index (Phi) is 9.45. The van der Waals surface area contributed by atoms with Crippen molar-refractivity contribution in [1.82, 2.24) is 15.0 Å². The highest BCUT2D eigenvalue weighted by Gasteiger charge is 2.18. The average Bonchev–Trinajstić information content (AvgIpc) is 3.69. The molecule has 278 valence electrons. The van der Waals surface area contributed by atoms with E-state index in [1.54, 1.807) is 0 Å². The Hall–Kier alpha value is -7.11. The third-order valence-corrected chi connectivity index (χ3v) is 12.4. The molecule has 0 saturated carbocycles. The lowest BCUT2D eigenvalue weighted by Gasteiger charge is -2.20. The summed E-state index contributed by atoms with van der Waals surface area (Å²) < 4.78 is 6.63. The van der Waals surface area contributed by atoms with Gasteiger partial charge >= 0.3 is 0 Å². The van der Waals surface area contributed by atoms with Gasteiger partial charge in [-0.1, -0.05) is 157 Å². The van der Waals surface area contributed by atoms with Gasteiger partial charge in [0.2, 0.25) is 0 Å². The van der Waals surface area contributed by atoms with Crippen molar-refractivity contribution in [2.75, 3.05) is 0 Å². The van der Waals surface area contributed by atoms with Gasteiger partial charge in [-0.3, -0.25) is 0 Å². The molecule has 9 heteroatoms. The van der Waals surface area contributed by atoms with E-state index in [-0.39, 0.29) is 0 Å². The summed E-state index contributed by atoms with van der Waals surface area (Å²) in [5.41, 5.74) is 20.7. The molecular formula is C51H38B5N3O. The zero-order valence-electron chi connectivity index (χ0n) is 34.4. The second-order valence-electron chi connectivity index (χ2n) is 15.8. The molecule has 2 aromatic heterocycles. The SMILES string of the molecule is Bc1c(B)c(B)c(-c2ccc(-c3ccc(-c4cccc5c4oc4ccc(-c6nc(-c7ccccc7)nc(-c7cccc(-c8ccccc8)c7)n6)cc45)cc3)cc2)c(B)c1B. The van der Waals surface area contributed by atoms with E-state index in [0.29, 0.717) is 17.5 Å². The lowest BCUT2D eigenvalue weighted by atomic mass is 9.59. The van der Waals surface area contributed by atoms with E-state index >= 15 is 0 Å². The number of furan rings is 1. The van der Waals surface area contributed by atoms with Crippen LogP contribution in [0.3, 0.4) is 0 Å². The van der Waals surface area contributed by atoms with Gasteiger partial charge in [0.25, 0.3) is 0 Å². The summed E-state index contributed by atoms with van der Waals surface area (Å²) in [5.74, 6) is 1.85. The van der Waals surface area contributed by atoms with Crippen LogP contribution in [-0.2, 0) is 0 Å². The van der Waals surface area contributed by atoms with Gasteiger partial charge in [0.05, 0.1) is 0 Å². The summed E-state index contributed by atoms with van der Waals surface area (Å²) in [5, 5.41) is 2.06. The number of rotatable bonds is 7. The highest BCUT2D eigenvalue weighted by atomic mass is 16.3. The maximum atomic E-state index is 6.63. The number of aromatic nitrogens is 3. The van der Waals surface area contributed by atoms with E-state index in [2.05, 4.69) is 161 Å². The van der Waals surface area contributed by atoms with Crippen molar-refractivity contribution in [2.45, 2.75) is 0 Å². The van der Waals surface area contributed by atoms with Gasteiger partial charge in [0.1, 0.15) is 50.4 Å². The molecule has 8 aromatic carbocycles. The van der Waals surface area contributed by atoms with Crippen molar-refractivity contribution in [2.24, 2.45) is 0 Å². The Morgan fingerprint density at radius 2 is 0.767 bits per heavy atom. The Balaban J connectivity index is 0.994. The van der Waals surface area contributed by atoms with Crippen molar-refractivity contribution in [1.29, 1.82) is 0 Å². The molecular weight excluding hydrogens is 725 g/mol. The number of hydrogen-bond acceptors (Lipinski definition) is 4. The largest absolute Gasteiger partial charge is 0.455 e. The van der Waals surface area contributed by atoms with Crippen molar-refractivity contribution in [3.05, 3.63) is 170 Å². The second kappa shape index (κ2) is 15.2. The number of para-hydroxylation sites is 1. The van der Waals surface area contributed by atoms with Crippen molar-refractivity contribution >= 4 is 88.5 Å². The molecule has 0 unspecified atom stereocenters. The van der Waals surface area contributed by atoms with E-state index in [0.717, 1.165) is 60.9 Å². The fourth-order valence-corrected chi connectivity index (χ4v) is 8.59. The predicted octanol–water partition coefficient (Wildman–Crippen LogP) is 4.73. The minimum atomic E-state index is 0.606. The molecule has 0 atom stereocenters. The molecule has 0 aliphatic heterocycles. The van der Waals surface area contributed by atoms with Crippen LogP contribution in [0.4, 0.5) is 0 Å². The lowest BCUT2D eigenvalue weighted by Crippen LogP contribution is -2.55. The first-order chi connectivity index (χ1) is 29.3. The number of fused-ring (bicyclic) bond motifs is 3. The van der Waals surface area contributed by atoms with Gasteiger partial charge in [-0.05, 0) is 63.2 Å². The molecule has 0 aliphatic carbocycles. The van der Waals surface area contributed by atoms with Crippen LogP contribution in [0.5, 0.6) is 0 Å². The molecule has 60 heavy (non-hydrogen) atoms. The fourth-order valence-electron chi connectivity index (χ4n) is 8.59. The fraction of sp³-hybridized carbons (Fsp3) is 0. The minimum absolute atomic E-state index is 0.606. The Morgan fingerprint density at radius 1 is 0.317 bits per heavy atom. The summed E-state index contributed by atoms with van der Waals surface area (Å²) >= 11 is 0. The van der Waals surface area contributed by atoms with E-state index in [1.165, 1.54) is 49.6 Å².